The fourth-order valence-electron chi connectivity index (χ4n) is 1.70. The van der Waals surface area contributed by atoms with Crippen LogP contribution < -0.4 is 9.60 Å². The SMILES string of the molecule is CC(C)c1cccc(S(=O)(=O)NCc2csc(=O)[nH]2)c1. The molecule has 2 rings (SSSR count). The average Bonchev–Trinajstić information content (AvgIpc) is 2.82. The minimum atomic E-state index is -3.57. The van der Waals surface area contributed by atoms with E-state index in [-0.39, 0.29) is 22.2 Å². The van der Waals surface area contributed by atoms with Crippen LogP contribution in [0.4, 0.5) is 0 Å². The highest BCUT2D eigenvalue weighted by molar-refractivity contribution is 7.89. The van der Waals surface area contributed by atoms with Crippen LogP contribution >= 0.6 is 11.3 Å². The first-order chi connectivity index (χ1) is 9.38. The molecule has 0 aliphatic carbocycles. The van der Waals surface area contributed by atoms with Crippen LogP contribution in [0.5, 0.6) is 0 Å². The van der Waals surface area contributed by atoms with Crippen LogP contribution in [-0.4, -0.2) is 13.4 Å². The van der Waals surface area contributed by atoms with Crippen molar-refractivity contribution in [1.82, 2.24) is 9.71 Å². The van der Waals surface area contributed by atoms with E-state index in [2.05, 4.69) is 9.71 Å². The number of thiazole rings is 1. The zero-order chi connectivity index (χ0) is 14.8. The molecule has 0 unspecified atom stereocenters. The molecule has 5 nitrogen and oxygen atoms in total. The van der Waals surface area contributed by atoms with Gasteiger partial charge in [0, 0.05) is 11.1 Å². The molecule has 1 heterocycles. The second kappa shape index (κ2) is 5.90. The lowest BCUT2D eigenvalue weighted by molar-refractivity contribution is 0.580. The number of aromatic amines is 1. The maximum atomic E-state index is 12.2. The van der Waals surface area contributed by atoms with E-state index in [9.17, 15) is 13.2 Å². The van der Waals surface area contributed by atoms with Crippen LogP contribution in [-0.2, 0) is 16.6 Å². The zero-order valence-electron chi connectivity index (χ0n) is 11.2. The topological polar surface area (TPSA) is 79.0 Å². The number of aromatic nitrogens is 1. The fourth-order valence-corrected chi connectivity index (χ4v) is 3.34. The molecule has 0 radical (unpaired) electrons. The Morgan fingerprint density at radius 2 is 2.10 bits per heavy atom. The highest BCUT2D eigenvalue weighted by Crippen LogP contribution is 2.18. The molecule has 1 aromatic heterocycles. The summed E-state index contributed by atoms with van der Waals surface area (Å²) in [6.07, 6.45) is 0. The van der Waals surface area contributed by atoms with Crippen molar-refractivity contribution < 1.29 is 8.42 Å². The van der Waals surface area contributed by atoms with Gasteiger partial charge in [0.15, 0.2) is 0 Å². The van der Waals surface area contributed by atoms with Crippen LogP contribution in [0.1, 0.15) is 31.0 Å². The van der Waals surface area contributed by atoms with Gasteiger partial charge in [-0.15, -0.1) is 0 Å². The van der Waals surface area contributed by atoms with Gasteiger partial charge in [0.25, 0.3) is 0 Å². The number of hydrogen-bond acceptors (Lipinski definition) is 4. The van der Waals surface area contributed by atoms with Crippen LogP contribution in [0.25, 0.3) is 0 Å². The average molecular weight is 312 g/mol. The summed E-state index contributed by atoms with van der Waals surface area (Å²) in [5.74, 6) is 0.262. The first-order valence-electron chi connectivity index (χ1n) is 6.15. The standard InChI is InChI=1S/C13H16N2O3S2/c1-9(2)10-4-3-5-12(6-10)20(17,18)14-7-11-8-19-13(16)15-11/h3-6,8-9,14H,7H2,1-2H3,(H,15,16). The second-order valence-corrected chi connectivity index (χ2v) is 7.33. The van der Waals surface area contributed by atoms with Gasteiger partial charge in [0.2, 0.25) is 10.0 Å². The van der Waals surface area contributed by atoms with Crippen molar-refractivity contribution in [2.45, 2.75) is 31.2 Å². The van der Waals surface area contributed by atoms with E-state index in [0.29, 0.717) is 5.69 Å². The first kappa shape index (κ1) is 15.0. The van der Waals surface area contributed by atoms with Crippen molar-refractivity contribution in [3.8, 4) is 0 Å². The maximum absolute atomic E-state index is 12.2. The van der Waals surface area contributed by atoms with E-state index >= 15 is 0 Å². The summed E-state index contributed by atoms with van der Waals surface area (Å²) >= 11 is 1.01. The van der Waals surface area contributed by atoms with E-state index in [4.69, 9.17) is 0 Å². The molecule has 0 saturated heterocycles. The van der Waals surface area contributed by atoms with Crippen LogP contribution in [0.3, 0.4) is 0 Å². The van der Waals surface area contributed by atoms with E-state index in [1.54, 1.807) is 23.6 Å². The van der Waals surface area contributed by atoms with Gasteiger partial charge in [0.05, 0.1) is 11.4 Å². The predicted molar refractivity (Wildman–Crippen MR) is 79.5 cm³/mol. The number of rotatable bonds is 5. The van der Waals surface area contributed by atoms with Crippen LogP contribution in [0.2, 0.25) is 0 Å². The largest absolute Gasteiger partial charge is 0.315 e. The summed E-state index contributed by atoms with van der Waals surface area (Å²) < 4.78 is 26.9. The van der Waals surface area contributed by atoms with E-state index < -0.39 is 10.0 Å². The lowest BCUT2D eigenvalue weighted by atomic mass is 10.0. The third-order valence-electron chi connectivity index (χ3n) is 2.86. The van der Waals surface area contributed by atoms with Crippen molar-refractivity contribution in [1.29, 1.82) is 0 Å². The molecule has 0 spiro atoms. The molecular formula is C13H16N2O3S2. The van der Waals surface area contributed by atoms with Crippen LogP contribution in [0.15, 0.2) is 39.3 Å². The minimum Gasteiger partial charge on any atom is -0.315 e. The summed E-state index contributed by atoms with van der Waals surface area (Å²) in [4.78, 5) is 13.6. The Labute approximate surface area is 121 Å². The molecule has 1 aromatic carbocycles. The maximum Gasteiger partial charge on any atom is 0.304 e. The molecule has 7 heteroatoms. The van der Waals surface area contributed by atoms with Gasteiger partial charge in [-0.05, 0) is 23.6 Å². The van der Waals surface area contributed by atoms with Gasteiger partial charge in [-0.1, -0.05) is 37.3 Å². The number of benzene rings is 1. The van der Waals surface area contributed by atoms with Crippen molar-refractivity contribution in [2.24, 2.45) is 0 Å². The van der Waals surface area contributed by atoms with Gasteiger partial charge in [-0.2, -0.15) is 0 Å². The second-order valence-electron chi connectivity index (χ2n) is 4.73. The number of hydrogen-bond donors (Lipinski definition) is 2. The summed E-state index contributed by atoms with van der Waals surface area (Å²) in [5, 5.41) is 1.61. The number of sulfonamides is 1. The summed E-state index contributed by atoms with van der Waals surface area (Å²) in [6, 6.07) is 6.87. The molecule has 0 aliphatic rings. The minimum absolute atomic E-state index is 0.0764. The van der Waals surface area contributed by atoms with Gasteiger partial charge in [0.1, 0.15) is 0 Å². The Morgan fingerprint density at radius 3 is 2.70 bits per heavy atom. The zero-order valence-corrected chi connectivity index (χ0v) is 12.8. The third-order valence-corrected chi connectivity index (χ3v) is 4.98. The Balaban J connectivity index is 2.17. The molecule has 0 aliphatic heterocycles. The lowest BCUT2D eigenvalue weighted by Crippen LogP contribution is -2.23. The molecule has 108 valence electrons. The highest BCUT2D eigenvalue weighted by atomic mass is 32.2. The monoisotopic (exact) mass is 312 g/mol. The molecule has 0 fully saturated rings. The van der Waals surface area contributed by atoms with Gasteiger partial charge >= 0.3 is 4.87 Å². The van der Waals surface area contributed by atoms with Crippen LogP contribution in [0, 0.1) is 0 Å². The molecular weight excluding hydrogens is 296 g/mol. The normalized spacial score (nSPS) is 11.9. The highest BCUT2D eigenvalue weighted by Gasteiger charge is 2.15. The first-order valence-corrected chi connectivity index (χ1v) is 8.51. The Kier molecular flexibility index (Phi) is 4.42. The molecule has 0 amide bonds. The van der Waals surface area contributed by atoms with E-state index in [0.717, 1.165) is 16.9 Å². The Bertz CT molecular complexity index is 745. The Hall–Kier alpha value is -1.44. The van der Waals surface area contributed by atoms with Gasteiger partial charge in [-0.3, -0.25) is 4.79 Å². The fraction of sp³-hybridized carbons (Fsp3) is 0.308. The Morgan fingerprint density at radius 1 is 1.35 bits per heavy atom. The predicted octanol–water partition coefficient (Wildman–Crippen LogP) is 2.04. The smallest absolute Gasteiger partial charge is 0.304 e. The number of nitrogens with one attached hydrogen (secondary N) is 2. The van der Waals surface area contributed by atoms with Crippen molar-refractivity contribution in [3.05, 3.63) is 50.6 Å². The number of H-pyrrole nitrogens is 1. The molecule has 0 atom stereocenters. The molecule has 0 saturated carbocycles. The lowest BCUT2D eigenvalue weighted by Gasteiger charge is -2.09. The third kappa shape index (κ3) is 3.56. The molecule has 20 heavy (non-hydrogen) atoms. The van der Waals surface area contributed by atoms with E-state index in [1.807, 2.05) is 19.9 Å². The molecule has 0 bridgehead atoms. The molecule has 2 aromatic rings. The van der Waals surface area contributed by atoms with E-state index in [1.165, 1.54) is 0 Å². The quantitative estimate of drug-likeness (QED) is 0.886. The summed E-state index contributed by atoms with van der Waals surface area (Å²) in [7, 11) is -3.57. The van der Waals surface area contributed by atoms with Crippen molar-refractivity contribution in [3.63, 3.8) is 0 Å². The molecule has 2 N–H and O–H groups in total. The van der Waals surface area contributed by atoms with Crippen molar-refractivity contribution in [2.75, 3.05) is 0 Å². The summed E-state index contributed by atoms with van der Waals surface area (Å²) in [6.45, 7) is 4.09. The van der Waals surface area contributed by atoms with Crippen molar-refractivity contribution >= 4 is 21.4 Å². The van der Waals surface area contributed by atoms with Gasteiger partial charge in [-0.25, -0.2) is 13.1 Å². The van der Waals surface area contributed by atoms with Gasteiger partial charge < -0.3 is 4.98 Å². The summed E-state index contributed by atoms with van der Waals surface area (Å²) in [5.41, 5.74) is 1.53.